The second-order valence-electron chi connectivity index (χ2n) is 7.34. The Kier molecular flexibility index (Phi) is 5.83. The van der Waals surface area contributed by atoms with Crippen molar-refractivity contribution in [2.75, 3.05) is 12.4 Å². The van der Waals surface area contributed by atoms with Crippen LogP contribution < -0.4 is 10.9 Å². The van der Waals surface area contributed by atoms with E-state index in [1.54, 1.807) is 6.07 Å². The molecule has 2 N–H and O–H groups in total. The van der Waals surface area contributed by atoms with Gasteiger partial charge in [0.1, 0.15) is 23.8 Å². The Bertz CT molecular complexity index is 1270. The van der Waals surface area contributed by atoms with E-state index in [1.165, 1.54) is 36.9 Å². The molecule has 4 rings (SSSR count). The van der Waals surface area contributed by atoms with Crippen LogP contribution in [0.5, 0.6) is 0 Å². The van der Waals surface area contributed by atoms with Gasteiger partial charge in [0, 0.05) is 28.3 Å². The summed E-state index contributed by atoms with van der Waals surface area (Å²) in [6.45, 7) is 0.995. The van der Waals surface area contributed by atoms with Gasteiger partial charge in [-0.1, -0.05) is 11.6 Å². The molecule has 1 aliphatic carbocycles. The Hall–Kier alpha value is -3.11. The molecule has 0 bridgehead atoms. The number of esters is 1. The van der Waals surface area contributed by atoms with E-state index < -0.39 is 46.5 Å². The fourth-order valence-corrected chi connectivity index (χ4v) is 5.47. The molecule has 2 aliphatic rings. The van der Waals surface area contributed by atoms with Gasteiger partial charge in [-0.15, -0.1) is 0 Å². The van der Waals surface area contributed by atoms with E-state index in [-0.39, 0.29) is 29.1 Å². The highest BCUT2D eigenvalue weighted by molar-refractivity contribution is 8.00. The molecule has 0 saturated heterocycles. The third kappa shape index (κ3) is 3.91. The van der Waals surface area contributed by atoms with Gasteiger partial charge in [0.05, 0.1) is 11.5 Å². The highest BCUT2D eigenvalue weighted by atomic mass is 35.5. The van der Waals surface area contributed by atoms with Crippen LogP contribution in [0, 0.1) is 5.92 Å². The molecule has 32 heavy (non-hydrogen) atoms. The predicted molar refractivity (Wildman–Crippen MR) is 115 cm³/mol. The number of benzene rings is 1. The Morgan fingerprint density at radius 1 is 1.28 bits per heavy atom. The van der Waals surface area contributed by atoms with E-state index in [9.17, 15) is 29.1 Å². The van der Waals surface area contributed by atoms with Gasteiger partial charge in [-0.05, 0) is 29.8 Å². The van der Waals surface area contributed by atoms with Crippen molar-refractivity contribution < 1.29 is 33.4 Å². The quantitative estimate of drug-likeness (QED) is 0.487. The standard InChI is InChI=1S/C21H16ClNO8S/c1-8(24)30-6-10-7-32-18-15(14(10)20(27)28)17(25)16(18)23-19(26)12-5-9-4-11(22)2-3-13(9)31-21(12)29/h2-5,15-16,18H,6-7H2,1H3,(H,23,26)(H,27,28)/t15?,16-,18+/m1/s1. The molecular formula is C21H16ClNO8S. The zero-order valence-corrected chi connectivity index (χ0v) is 18.1. The molecule has 2 aromatic rings. The van der Waals surface area contributed by atoms with Crippen molar-refractivity contribution in [1.82, 2.24) is 5.32 Å². The molecule has 166 valence electrons. The Labute approximate surface area is 189 Å². The number of carbonyl (C=O) groups is 4. The molecule has 9 nitrogen and oxygen atoms in total. The zero-order chi connectivity index (χ0) is 23.2. The number of aliphatic carboxylic acids is 1. The van der Waals surface area contributed by atoms with Gasteiger partial charge in [-0.2, -0.15) is 11.8 Å². The van der Waals surface area contributed by atoms with Crippen LogP contribution >= 0.6 is 23.4 Å². The van der Waals surface area contributed by atoms with Crippen LogP contribution in [0.1, 0.15) is 17.3 Å². The van der Waals surface area contributed by atoms with Gasteiger partial charge in [0.2, 0.25) is 0 Å². The smallest absolute Gasteiger partial charge is 0.349 e. The van der Waals surface area contributed by atoms with Crippen molar-refractivity contribution >= 4 is 58.0 Å². The van der Waals surface area contributed by atoms with Gasteiger partial charge in [-0.3, -0.25) is 14.4 Å². The fourth-order valence-electron chi connectivity index (χ4n) is 3.80. The van der Waals surface area contributed by atoms with Crippen LogP contribution in [0.25, 0.3) is 11.0 Å². The molecule has 1 amide bonds. The number of hydrogen-bond donors (Lipinski definition) is 2. The SMILES string of the molecule is CC(=O)OCC1=C(C(=O)O)C2C(=O)[C@@H](NC(=O)c3cc4cc(Cl)ccc4oc3=O)[C@H]2SC1. The fraction of sp³-hybridized carbons (Fsp3) is 0.286. The summed E-state index contributed by atoms with van der Waals surface area (Å²) < 4.78 is 10.1. The number of ketones is 1. The third-order valence-electron chi connectivity index (χ3n) is 5.32. The zero-order valence-electron chi connectivity index (χ0n) is 16.5. The molecule has 1 aliphatic heterocycles. The molecule has 0 spiro atoms. The molecule has 2 heterocycles. The van der Waals surface area contributed by atoms with Crippen LogP contribution in [0.4, 0.5) is 0 Å². The van der Waals surface area contributed by atoms with Crippen molar-refractivity contribution in [2.24, 2.45) is 5.92 Å². The number of hydrogen-bond acceptors (Lipinski definition) is 8. The topological polar surface area (TPSA) is 140 Å². The molecule has 3 atom stereocenters. The molecule has 1 aromatic heterocycles. The van der Waals surface area contributed by atoms with Crippen molar-refractivity contribution in [2.45, 2.75) is 18.2 Å². The molecule has 1 saturated carbocycles. The first-order chi connectivity index (χ1) is 15.2. The molecule has 0 radical (unpaired) electrons. The van der Waals surface area contributed by atoms with Gasteiger partial charge in [0.15, 0.2) is 5.78 Å². The van der Waals surface area contributed by atoms with Crippen LogP contribution in [0.15, 0.2) is 44.6 Å². The maximum absolute atomic E-state index is 12.8. The monoisotopic (exact) mass is 477 g/mol. The Morgan fingerprint density at radius 2 is 2.03 bits per heavy atom. The maximum atomic E-state index is 12.8. The summed E-state index contributed by atoms with van der Waals surface area (Å²) in [5, 5.41) is 12.5. The first-order valence-electron chi connectivity index (χ1n) is 9.45. The highest BCUT2D eigenvalue weighted by Gasteiger charge is 2.56. The van der Waals surface area contributed by atoms with E-state index in [2.05, 4.69) is 5.32 Å². The van der Waals surface area contributed by atoms with Crippen LogP contribution in [0.3, 0.4) is 0 Å². The minimum atomic E-state index is -1.27. The summed E-state index contributed by atoms with van der Waals surface area (Å²) in [5.74, 6) is -3.82. The van der Waals surface area contributed by atoms with E-state index >= 15 is 0 Å². The van der Waals surface area contributed by atoms with Gasteiger partial charge >= 0.3 is 17.6 Å². The highest BCUT2D eigenvalue weighted by Crippen LogP contribution is 2.45. The average Bonchev–Trinajstić information content (AvgIpc) is 2.74. The number of halogens is 1. The lowest BCUT2D eigenvalue weighted by molar-refractivity contribution is -0.141. The number of Topliss-reactive ketones (excluding diaryl/α,β-unsaturated/α-hetero) is 1. The van der Waals surface area contributed by atoms with Crippen LogP contribution in [-0.2, 0) is 19.1 Å². The van der Waals surface area contributed by atoms with Crippen molar-refractivity contribution in [3.63, 3.8) is 0 Å². The summed E-state index contributed by atoms with van der Waals surface area (Å²) in [7, 11) is 0. The average molecular weight is 478 g/mol. The summed E-state index contributed by atoms with van der Waals surface area (Å²) >= 11 is 7.23. The normalized spacial score (nSPS) is 22.2. The summed E-state index contributed by atoms with van der Waals surface area (Å²) in [5.41, 5.74) is -0.655. The first-order valence-corrected chi connectivity index (χ1v) is 10.9. The number of fused-ring (bicyclic) bond motifs is 2. The number of carbonyl (C=O) groups excluding carboxylic acids is 3. The number of amides is 1. The Morgan fingerprint density at radius 3 is 2.72 bits per heavy atom. The van der Waals surface area contributed by atoms with E-state index in [0.717, 1.165) is 0 Å². The number of rotatable bonds is 5. The third-order valence-corrected chi connectivity index (χ3v) is 7.00. The first kappa shape index (κ1) is 22.1. The largest absolute Gasteiger partial charge is 0.478 e. The van der Waals surface area contributed by atoms with Crippen molar-refractivity contribution in [1.29, 1.82) is 0 Å². The predicted octanol–water partition coefficient (Wildman–Crippen LogP) is 1.80. The number of carboxylic acids is 1. The van der Waals surface area contributed by atoms with E-state index in [1.807, 2.05) is 0 Å². The summed E-state index contributed by atoms with van der Waals surface area (Å²) in [4.78, 5) is 60.6. The lowest BCUT2D eigenvalue weighted by Gasteiger charge is -2.46. The second-order valence-corrected chi connectivity index (χ2v) is 8.94. The van der Waals surface area contributed by atoms with Crippen molar-refractivity contribution in [3.05, 3.63) is 56.4 Å². The molecule has 1 aromatic carbocycles. The minimum absolute atomic E-state index is 0.106. The molecular weight excluding hydrogens is 462 g/mol. The Balaban J connectivity index is 1.56. The second kappa shape index (κ2) is 8.44. The van der Waals surface area contributed by atoms with Gasteiger partial charge < -0.3 is 19.6 Å². The van der Waals surface area contributed by atoms with Gasteiger partial charge in [0.25, 0.3) is 5.91 Å². The van der Waals surface area contributed by atoms with E-state index in [0.29, 0.717) is 16.0 Å². The molecule has 1 fully saturated rings. The van der Waals surface area contributed by atoms with E-state index in [4.69, 9.17) is 20.8 Å². The lowest BCUT2D eigenvalue weighted by atomic mass is 9.71. The minimum Gasteiger partial charge on any atom is -0.478 e. The molecule has 11 heteroatoms. The van der Waals surface area contributed by atoms with Crippen LogP contribution in [0.2, 0.25) is 5.02 Å². The number of thioether (sulfide) groups is 1. The van der Waals surface area contributed by atoms with Crippen molar-refractivity contribution in [3.8, 4) is 0 Å². The number of nitrogens with one attached hydrogen (secondary N) is 1. The van der Waals surface area contributed by atoms with Crippen LogP contribution in [-0.4, -0.2) is 52.4 Å². The maximum Gasteiger partial charge on any atom is 0.349 e. The number of ether oxygens (including phenoxy) is 1. The number of carboxylic acid groups (broad SMARTS) is 1. The summed E-state index contributed by atoms with van der Waals surface area (Å²) in [6.07, 6.45) is 0. The van der Waals surface area contributed by atoms with Gasteiger partial charge in [-0.25, -0.2) is 9.59 Å². The summed E-state index contributed by atoms with van der Waals surface area (Å²) in [6, 6.07) is 4.95. The molecule has 1 unspecified atom stereocenters. The lowest BCUT2D eigenvalue weighted by Crippen LogP contribution is -2.65.